The van der Waals surface area contributed by atoms with Gasteiger partial charge in [0, 0.05) is 36.2 Å². The largest absolute Gasteiger partial charge is 0.489 e. The number of fused-ring (bicyclic) bond motifs is 1. The van der Waals surface area contributed by atoms with Crippen LogP contribution in [0, 0.1) is 0 Å². The molecule has 3 aromatic rings. The van der Waals surface area contributed by atoms with Crippen LogP contribution in [0.15, 0.2) is 66.7 Å². The van der Waals surface area contributed by atoms with Crippen molar-refractivity contribution in [1.29, 1.82) is 0 Å². The standard InChI is InChI=1S/C27H31NO6S.ClH/c1-19(2)28(23-10-12-26-27(14-23)34-18-33-26)15-24(29)21-9-11-25(22(13-21)17-35(3,30)31)32-16-20-7-5-4-6-8-20;/h4-14,19,24,29H,15-18H2,1-3H3;1H. The molecule has 1 atom stereocenters. The van der Waals surface area contributed by atoms with Crippen molar-refractivity contribution < 1.29 is 27.7 Å². The van der Waals surface area contributed by atoms with E-state index in [-0.39, 0.29) is 31.0 Å². The van der Waals surface area contributed by atoms with E-state index >= 15 is 0 Å². The number of ether oxygens (including phenoxy) is 3. The summed E-state index contributed by atoms with van der Waals surface area (Å²) in [5, 5.41) is 11.1. The Morgan fingerprint density at radius 1 is 1.00 bits per heavy atom. The van der Waals surface area contributed by atoms with Crippen LogP contribution >= 0.6 is 12.4 Å². The first-order valence-electron chi connectivity index (χ1n) is 11.5. The highest BCUT2D eigenvalue weighted by Crippen LogP contribution is 2.36. The van der Waals surface area contributed by atoms with E-state index in [1.54, 1.807) is 18.2 Å². The first-order chi connectivity index (χ1) is 16.7. The molecule has 1 N–H and O–H groups in total. The molecule has 4 rings (SSSR count). The first-order valence-corrected chi connectivity index (χ1v) is 13.6. The number of sulfone groups is 1. The second-order valence-electron chi connectivity index (χ2n) is 9.01. The summed E-state index contributed by atoms with van der Waals surface area (Å²) in [5.41, 5.74) is 3.04. The lowest BCUT2D eigenvalue weighted by Crippen LogP contribution is -2.34. The van der Waals surface area contributed by atoms with Gasteiger partial charge in [-0.1, -0.05) is 36.4 Å². The van der Waals surface area contributed by atoms with E-state index in [1.807, 2.05) is 62.4 Å². The van der Waals surface area contributed by atoms with Crippen LogP contribution in [0.3, 0.4) is 0 Å². The van der Waals surface area contributed by atoms with Crippen LogP contribution in [-0.2, 0) is 22.2 Å². The monoisotopic (exact) mass is 533 g/mol. The van der Waals surface area contributed by atoms with Gasteiger partial charge in [-0.05, 0) is 49.2 Å². The second kappa shape index (κ2) is 11.9. The zero-order valence-electron chi connectivity index (χ0n) is 20.6. The van der Waals surface area contributed by atoms with Crippen molar-refractivity contribution in [3.8, 4) is 17.2 Å². The molecule has 194 valence electrons. The van der Waals surface area contributed by atoms with E-state index in [0.29, 0.717) is 41.5 Å². The Bertz CT molecular complexity index is 1270. The zero-order valence-corrected chi connectivity index (χ0v) is 22.2. The fourth-order valence-corrected chi connectivity index (χ4v) is 4.84. The molecular formula is C27H32ClNO6S. The number of rotatable bonds is 10. The molecule has 0 fully saturated rings. The van der Waals surface area contributed by atoms with Crippen LogP contribution < -0.4 is 19.1 Å². The molecule has 0 saturated carbocycles. The molecule has 0 amide bonds. The van der Waals surface area contributed by atoms with Gasteiger partial charge >= 0.3 is 0 Å². The van der Waals surface area contributed by atoms with Gasteiger partial charge in [0.25, 0.3) is 0 Å². The van der Waals surface area contributed by atoms with Gasteiger partial charge in [-0.25, -0.2) is 8.42 Å². The van der Waals surface area contributed by atoms with Gasteiger partial charge in [-0.2, -0.15) is 0 Å². The van der Waals surface area contributed by atoms with Crippen LogP contribution in [-0.4, -0.2) is 39.2 Å². The number of halogens is 1. The zero-order chi connectivity index (χ0) is 25.0. The summed E-state index contributed by atoms with van der Waals surface area (Å²) in [6.45, 7) is 4.94. The van der Waals surface area contributed by atoms with E-state index in [0.717, 1.165) is 11.3 Å². The lowest BCUT2D eigenvalue weighted by atomic mass is 10.0. The Morgan fingerprint density at radius 2 is 1.72 bits per heavy atom. The molecule has 36 heavy (non-hydrogen) atoms. The van der Waals surface area contributed by atoms with Crippen molar-refractivity contribution >= 4 is 27.9 Å². The van der Waals surface area contributed by atoms with Crippen LogP contribution in [0.1, 0.15) is 36.6 Å². The minimum Gasteiger partial charge on any atom is -0.489 e. The first kappa shape index (κ1) is 27.6. The highest BCUT2D eigenvalue weighted by atomic mass is 35.5. The smallest absolute Gasteiger partial charge is 0.231 e. The molecule has 1 aliphatic heterocycles. The van der Waals surface area contributed by atoms with Gasteiger partial charge in [0.2, 0.25) is 6.79 Å². The van der Waals surface area contributed by atoms with E-state index in [1.165, 1.54) is 6.26 Å². The maximum absolute atomic E-state index is 12.1. The van der Waals surface area contributed by atoms with Gasteiger partial charge < -0.3 is 24.2 Å². The van der Waals surface area contributed by atoms with E-state index in [2.05, 4.69) is 4.90 Å². The SMILES string of the molecule is CC(C)N(CC(O)c1ccc(OCc2ccccc2)c(CS(C)(=O)=O)c1)c1ccc2c(c1)OCO2.Cl. The summed E-state index contributed by atoms with van der Waals surface area (Å²) < 4.78 is 41.1. The van der Waals surface area contributed by atoms with Crippen LogP contribution in [0.25, 0.3) is 0 Å². The van der Waals surface area contributed by atoms with E-state index < -0.39 is 15.9 Å². The Morgan fingerprint density at radius 3 is 2.42 bits per heavy atom. The second-order valence-corrected chi connectivity index (χ2v) is 11.2. The number of benzene rings is 3. The third-order valence-electron chi connectivity index (χ3n) is 5.80. The van der Waals surface area contributed by atoms with Crippen LogP contribution in [0.2, 0.25) is 0 Å². The average Bonchev–Trinajstić information content (AvgIpc) is 3.29. The Hall–Kier alpha value is -2.94. The summed E-state index contributed by atoms with van der Waals surface area (Å²) in [5.74, 6) is 1.70. The number of anilines is 1. The molecule has 0 radical (unpaired) electrons. The van der Waals surface area contributed by atoms with Crippen molar-refractivity contribution in [1.82, 2.24) is 0 Å². The molecule has 0 aromatic heterocycles. The average molecular weight is 534 g/mol. The minimum atomic E-state index is -3.31. The Kier molecular flexibility index (Phi) is 9.11. The summed E-state index contributed by atoms with van der Waals surface area (Å²) in [6.07, 6.45) is 0.348. The van der Waals surface area contributed by atoms with Crippen LogP contribution in [0.5, 0.6) is 17.2 Å². The highest BCUT2D eigenvalue weighted by molar-refractivity contribution is 7.89. The molecule has 1 unspecified atom stereocenters. The Labute approximate surface area is 218 Å². The van der Waals surface area contributed by atoms with E-state index in [4.69, 9.17) is 14.2 Å². The van der Waals surface area contributed by atoms with Crippen molar-refractivity contribution in [2.75, 3.05) is 24.5 Å². The third kappa shape index (κ3) is 7.06. The van der Waals surface area contributed by atoms with Crippen molar-refractivity contribution in [3.05, 3.63) is 83.4 Å². The highest BCUT2D eigenvalue weighted by Gasteiger charge is 2.22. The fraction of sp³-hybridized carbons (Fsp3) is 0.333. The molecule has 0 saturated heterocycles. The van der Waals surface area contributed by atoms with E-state index in [9.17, 15) is 13.5 Å². The maximum Gasteiger partial charge on any atom is 0.231 e. The summed E-state index contributed by atoms with van der Waals surface area (Å²) >= 11 is 0. The molecule has 0 spiro atoms. The molecule has 9 heteroatoms. The minimum absolute atomic E-state index is 0. The molecule has 0 aliphatic carbocycles. The quantitative estimate of drug-likeness (QED) is 0.396. The predicted molar refractivity (Wildman–Crippen MR) is 143 cm³/mol. The number of nitrogens with zero attached hydrogens (tertiary/aromatic N) is 1. The van der Waals surface area contributed by atoms with Gasteiger partial charge in [0.05, 0.1) is 11.9 Å². The van der Waals surface area contributed by atoms with Crippen molar-refractivity contribution in [3.63, 3.8) is 0 Å². The van der Waals surface area contributed by atoms with Gasteiger partial charge in [0.15, 0.2) is 21.3 Å². The maximum atomic E-state index is 12.1. The number of aliphatic hydroxyl groups excluding tert-OH is 1. The fourth-order valence-electron chi connectivity index (χ4n) is 4.05. The van der Waals surface area contributed by atoms with Gasteiger partial charge in [-0.15, -0.1) is 12.4 Å². The van der Waals surface area contributed by atoms with Crippen molar-refractivity contribution in [2.45, 2.75) is 38.4 Å². The van der Waals surface area contributed by atoms with Crippen molar-refractivity contribution in [2.24, 2.45) is 0 Å². The predicted octanol–water partition coefficient (Wildman–Crippen LogP) is 4.91. The van der Waals surface area contributed by atoms with Gasteiger partial charge in [0.1, 0.15) is 12.4 Å². The third-order valence-corrected chi connectivity index (χ3v) is 6.64. The van der Waals surface area contributed by atoms with Gasteiger partial charge in [-0.3, -0.25) is 0 Å². The molecular weight excluding hydrogens is 502 g/mol. The molecule has 1 aliphatic rings. The topological polar surface area (TPSA) is 85.3 Å². The number of hydrogen-bond donors (Lipinski definition) is 1. The molecule has 3 aromatic carbocycles. The summed E-state index contributed by atoms with van der Waals surface area (Å²) in [6, 6.07) is 20.7. The Balaban J connectivity index is 0.00000361. The number of hydrogen-bond acceptors (Lipinski definition) is 7. The molecule has 7 nitrogen and oxygen atoms in total. The molecule has 0 bridgehead atoms. The lowest BCUT2D eigenvalue weighted by Gasteiger charge is -2.31. The summed E-state index contributed by atoms with van der Waals surface area (Å²) in [7, 11) is -3.31. The lowest BCUT2D eigenvalue weighted by molar-refractivity contribution is 0.173. The van der Waals surface area contributed by atoms with Crippen LogP contribution in [0.4, 0.5) is 5.69 Å². The molecule has 1 heterocycles. The summed E-state index contributed by atoms with van der Waals surface area (Å²) in [4.78, 5) is 2.07. The normalized spacial score (nSPS) is 13.2. The number of aliphatic hydroxyl groups is 1.